The molecule has 1 aromatic heterocycles. The number of nitrogens with zero attached hydrogens (tertiary/aromatic N) is 2. The Balaban J connectivity index is 2.16. The third kappa shape index (κ3) is 4.64. The second-order valence-corrected chi connectivity index (χ2v) is 5.61. The lowest BCUT2D eigenvalue weighted by atomic mass is 10.1. The normalized spacial score (nSPS) is 12.1. The van der Waals surface area contributed by atoms with Gasteiger partial charge in [0.1, 0.15) is 0 Å². The largest absolute Gasteiger partial charge is 0.465 e. The number of amides is 1. The van der Waals surface area contributed by atoms with Crippen molar-refractivity contribution in [3.05, 3.63) is 46.6 Å². The average Bonchev–Trinajstić information content (AvgIpc) is 2.89. The van der Waals surface area contributed by atoms with E-state index in [4.69, 9.17) is 21.2 Å². The molecule has 0 spiro atoms. The molecule has 2 rings (SSSR count). The first kappa shape index (κ1) is 15.7. The molecule has 8 heteroatoms. The van der Waals surface area contributed by atoms with Gasteiger partial charge in [-0.15, -0.1) is 0 Å². The van der Waals surface area contributed by atoms with E-state index in [1.807, 2.05) is 18.4 Å². The van der Waals surface area contributed by atoms with Gasteiger partial charge < -0.3 is 14.9 Å². The first-order chi connectivity index (χ1) is 10.1. The van der Waals surface area contributed by atoms with Crippen molar-refractivity contribution in [2.24, 2.45) is 0 Å². The van der Waals surface area contributed by atoms with Crippen molar-refractivity contribution in [1.29, 1.82) is 0 Å². The Morgan fingerprint density at radius 1 is 1.48 bits per heavy atom. The Labute approximate surface area is 130 Å². The number of hydrogen-bond acceptors (Lipinski definition) is 5. The Kier molecular flexibility index (Phi) is 5.46. The third-order valence-electron chi connectivity index (χ3n) is 2.71. The summed E-state index contributed by atoms with van der Waals surface area (Å²) in [4.78, 5) is 15.2. The van der Waals surface area contributed by atoms with E-state index in [9.17, 15) is 4.79 Å². The third-order valence-corrected chi connectivity index (χ3v) is 3.50. The number of aromatic nitrogens is 2. The van der Waals surface area contributed by atoms with E-state index in [1.165, 1.54) is 0 Å². The molecule has 6 nitrogen and oxygen atoms in total. The Bertz CT molecular complexity index is 603. The molecule has 1 aromatic carbocycles. The maximum atomic E-state index is 10.9. The number of carboxylic acid groups (broad SMARTS) is 1. The van der Waals surface area contributed by atoms with Crippen LogP contribution in [0.4, 0.5) is 4.79 Å². The molecule has 0 fully saturated rings. The number of nitrogens with one attached hydrogen (secondary N) is 1. The molecular weight excluding hydrogens is 314 g/mol. The Hall–Kier alpha value is -1.73. The van der Waals surface area contributed by atoms with Gasteiger partial charge in [0.25, 0.3) is 0 Å². The SMILES string of the molecule is CSCc1nc(C(Cc2ccc(Cl)cc2)NC(=O)O)no1. The first-order valence-corrected chi connectivity index (χ1v) is 7.91. The molecule has 0 bridgehead atoms. The fraction of sp³-hybridized carbons (Fsp3) is 0.308. The van der Waals surface area contributed by atoms with Crippen molar-refractivity contribution in [2.75, 3.05) is 6.26 Å². The van der Waals surface area contributed by atoms with Crippen LogP contribution in [-0.4, -0.2) is 27.6 Å². The van der Waals surface area contributed by atoms with Crippen molar-refractivity contribution in [3.63, 3.8) is 0 Å². The summed E-state index contributed by atoms with van der Waals surface area (Å²) in [5.74, 6) is 1.40. The lowest BCUT2D eigenvalue weighted by Gasteiger charge is -2.13. The smallest absolute Gasteiger partial charge is 0.405 e. The van der Waals surface area contributed by atoms with Crippen molar-refractivity contribution < 1.29 is 14.4 Å². The molecule has 1 amide bonds. The minimum Gasteiger partial charge on any atom is -0.465 e. The predicted molar refractivity (Wildman–Crippen MR) is 80.6 cm³/mol. The number of halogens is 1. The van der Waals surface area contributed by atoms with Gasteiger partial charge in [-0.3, -0.25) is 0 Å². The first-order valence-electron chi connectivity index (χ1n) is 6.14. The lowest BCUT2D eigenvalue weighted by molar-refractivity contribution is 0.189. The molecule has 0 aliphatic carbocycles. The van der Waals surface area contributed by atoms with Gasteiger partial charge in [0.2, 0.25) is 5.89 Å². The van der Waals surface area contributed by atoms with Gasteiger partial charge in [0.05, 0.1) is 11.8 Å². The van der Waals surface area contributed by atoms with Crippen molar-refractivity contribution in [3.8, 4) is 0 Å². The van der Waals surface area contributed by atoms with Crippen LogP contribution in [0.5, 0.6) is 0 Å². The van der Waals surface area contributed by atoms with Crippen molar-refractivity contribution in [1.82, 2.24) is 15.5 Å². The maximum Gasteiger partial charge on any atom is 0.405 e. The van der Waals surface area contributed by atoms with Crippen LogP contribution in [0.1, 0.15) is 23.3 Å². The standard InChI is InChI=1S/C13H14ClN3O3S/c1-21-7-11-16-12(17-20-11)10(15-13(18)19)6-8-2-4-9(14)5-3-8/h2-5,10,15H,6-7H2,1H3,(H,18,19). The topological polar surface area (TPSA) is 88.2 Å². The van der Waals surface area contributed by atoms with Crippen LogP contribution in [0, 0.1) is 0 Å². The molecule has 0 aliphatic rings. The Morgan fingerprint density at radius 3 is 2.81 bits per heavy atom. The molecule has 1 heterocycles. The molecule has 21 heavy (non-hydrogen) atoms. The van der Waals surface area contributed by atoms with Gasteiger partial charge in [-0.1, -0.05) is 28.9 Å². The minimum atomic E-state index is -1.13. The molecule has 112 valence electrons. The molecular formula is C13H14ClN3O3S. The molecule has 0 aliphatic heterocycles. The van der Waals surface area contributed by atoms with Crippen molar-refractivity contribution in [2.45, 2.75) is 18.2 Å². The zero-order chi connectivity index (χ0) is 15.2. The van der Waals surface area contributed by atoms with Gasteiger partial charge in [0, 0.05) is 11.4 Å². The van der Waals surface area contributed by atoms with E-state index in [2.05, 4.69) is 15.5 Å². The molecule has 1 atom stereocenters. The van der Waals surface area contributed by atoms with Crippen LogP contribution in [0.3, 0.4) is 0 Å². The average molecular weight is 328 g/mol. The molecule has 0 radical (unpaired) electrons. The fourth-order valence-electron chi connectivity index (χ4n) is 1.80. The van der Waals surface area contributed by atoms with E-state index >= 15 is 0 Å². The summed E-state index contributed by atoms with van der Waals surface area (Å²) in [5.41, 5.74) is 0.925. The molecule has 0 saturated carbocycles. The monoisotopic (exact) mass is 327 g/mol. The summed E-state index contributed by atoms with van der Waals surface area (Å²) in [6.07, 6.45) is 1.21. The van der Waals surface area contributed by atoms with E-state index < -0.39 is 12.1 Å². The second-order valence-electron chi connectivity index (χ2n) is 4.31. The number of rotatable bonds is 6. The molecule has 0 saturated heterocycles. The van der Waals surface area contributed by atoms with Gasteiger partial charge in [0.15, 0.2) is 5.82 Å². The van der Waals surface area contributed by atoms with Crippen LogP contribution in [0.15, 0.2) is 28.8 Å². The zero-order valence-electron chi connectivity index (χ0n) is 11.2. The highest BCUT2D eigenvalue weighted by Gasteiger charge is 2.20. The number of carbonyl (C=O) groups is 1. The van der Waals surface area contributed by atoms with E-state index in [-0.39, 0.29) is 0 Å². The molecule has 2 aromatic rings. The summed E-state index contributed by atoms with van der Waals surface area (Å²) >= 11 is 7.39. The maximum absolute atomic E-state index is 10.9. The van der Waals surface area contributed by atoms with E-state index in [0.717, 1.165) is 5.56 Å². The van der Waals surface area contributed by atoms with Gasteiger partial charge in [-0.25, -0.2) is 4.79 Å². The quantitative estimate of drug-likeness (QED) is 0.847. The highest BCUT2D eigenvalue weighted by atomic mass is 35.5. The predicted octanol–water partition coefficient (Wildman–Crippen LogP) is 3.14. The minimum absolute atomic E-state index is 0.330. The zero-order valence-corrected chi connectivity index (χ0v) is 12.8. The lowest BCUT2D eigenvalue weighted by Crippen LogP contribution is -2.29. The van der Waals surface area contributed by atoms with Gasteiger partial charge in [-0.2, -0.15) is 16.7 Å². The van der Waals surface area contributed by atoms with Gasteiger partial charge >= 0.3 is 6.09 Å². The van der Waals surface area contributed by atoms with Crippen LogP contribution in [0.25, 0.3) is 0 Å². The number of thioether (sulfide) groups is 1. The highest BCUT2D eigenvalue weighted by Crippen LogP contribution is 2.19. The van der Waals surface area contributed by atoms with Crippen LogP contribution in [-0.2, 0) is 12.2 Å². The second kappa shape index (κ2) is 7.33. The van der Waals surface area contributed by atoms with Crippen LogP contribution >= 0.6 is 23.4 Å². The fourth-order valence-corrected chi connectivity index (χ4v) is 2.29. The van der Waals surface area contributed by atoms with E-state index in [0.29, 0.717) is 28.9 Å². The Morgan fingerprint density at radius 2 is 2.19 bits per heavy atom. The van der Waals surface area contributed by atoms with Crippen LogP contribution in [0.2, 0.25) is 5.02 Å². The highest BCUT2D eigenvalue weighted by molar-refractivity contribution is 7.97. The van der Waals surface area contributed by atoms with Crippen LogP contribution < -0.4 is 5.32 Å². The number of benzene rings is 1. The van der Waals surface area contributed by atoms with Gasteiger partial charge in [-0.05, 0) is 24.0 Å². The summed E-state index contributed by atoms with van der Waals surface area (Å²) in [7, 11) is 0. The summed E-state index contributed by atoms with van der Waals surface area (Å²) in [6.45, 7) is 0. The molecule has 2 N–H and O–H groups in total. The van der Waals surface area contributed by atoms with Crippen molar-refractivity contribution >= 4 is 29.5 Å². The number of hydrogen-bond donors (Lipinski definition) is 2. The van der Waals surface area contributed by atoms with E-state index in [1.54, 1.807) is 23.9 Å². The summed E-state index contributed by atoms with van der Waals surface area (Å²) < 4.78 is 5.09. The molecule has 1 unspecified atom stereocenters. The summed E-state index contributed by atoms with van der Waals surface area (Å²) in [5, 5.41) is 15.8. The summed E-state index contributed by atoms with van der Waals surface area (Å²) in [6, 6.07) is 6.61.